The van der Waals surface area contributed by atoms with E-state index in [-0.39, 0.29) is 11.2 Å². The molecule has 0 aliphatic rings. The topological polar surface area (TPSA) is 39.7 Å². The lowest BCUT2D eigenvalue weighted by atomic mass is 9.81. The highest BCUT2D eigenvalue weighted by Crippen LogP contribution is 2.36. The molecule has 1 rings (SSSR count). The average Bonchev–Trinajstić information content (AvgIpc) is 2.46. The Hall–Kier alpha value is -1.33. The maximum absolute atomic E-state index is 14.3. The zero-order valence-electron chi connectivity index (χ0n) is 13.6. The smallest absolute Gasteiger partial charge is 0.163 e. The lowest BCUT2D eigenvalue weighted by molar-refractivity contribution is 0.198. The molecule has 0 amide bonds. The van der Waals surface area contributed by atoms with Crippen molar-refractivity contribution in [2.75, 3.05) is 41.0 Å². The number of methoxy groups -OCH3 is 3. The molecule has 1 N–H and O–H groups in total. The van der Waals surface area contributed by atoms with Gasteiger partial charge >= 0.3 is 0 Å². The van der Waals surface area contributed by atoms with Gasteiger partial charge in [-0.25, -0.2) is 4.39 Å². The highest BCUT2D eigenvalue weighted by molar-refractivity contribution is 5.45. The standard InChI is InChI=1S/C16H26FNO3/c1-16(2,6-7-18-8-9-19-3)12-10-14(20-4)15(21-5)11-13(12)17/h10-11,18H,6-9H2,1-5H3. The molecule has 5 heteroatoms. The van der Waals surface area contributed by atoms with E-state index in [9.17, 15) is 4.39 Å². The monoisotopic (exact) mass is 299 g/mol. The van der Waals surface area contributed by atoms with Crippen LogP contribution >= 0.6 is 0 Å². The van der Waals surface area contributed by atoms with Gasteiger partial charge in [0.2, 0.25) is 0 Å². The van der Waals surface area contributed by atoms with E-state index >= 15 is 0 Å². The summed E-state index contributed by atoms with van der Waals surface area (Å²) >= 11 is 0. The van der Waals surface area contributed by atoms with E-state index in [2.05, 4.69) is 5.32 Å². The van der Waals surface area contributed by atoms with Gasteiger partial charge in [0.1, 0.15) is 5.82 Å². The zero-order valence-corrected chi connectivity index (χ0v) is 13.6. The Morgan fingerprint density at radius 3 is 2.24 bits per heavy atom. The predicted octanol–water partition coefficient (Wildman–Crippen LogP) is 2.75. The van der Waals surface area contributed by atoms with Crippen molar-refractivity contribution < 1.29 is 18.6 Å². The highest BCUT2D eigenvalue weighted by atomic mass is 19.1. The fourth-order valence-corrected chi connectivity index (χ4v) is 2.21. The first-order chi connectivity index (χ1) is 9.96. The van der Waals surface area contributed by atoms with Gasteiger partial charge < -0.3 is 19.5 Å². The van der Waals surface area contributed by atoms with Crippen LogP contribution in [-0.4, -0.2) is 41.0 Å². The molecule has 0 bridgehead atoms. The third kappa shape index (κ3) is 4.86. The van der Waals surface area contributed by atoms with Crippen molar-refractivity contribution in [3.63, 3.8) is 0 Å². The molecule has 0 heterocycles. The highest BCUT2D eigenvalue weighted by Gasteiger charge is 2.26. The second-order valence-electron chi connectivity index (χ2n) is 5.56. The first-order valence-corrected chi connectivity index (χ1v) is 7.08. The molecule has 0 aliphatic heterocycles. The van der Waals surface area contributed by atoms with Crippen LogP contribution < -0.4 is 14.8 Å². The Morgan fingerprint density at radius 2 is 1.67 bits per heavy atom. The minimum absolute atomic E-state index is 0.269. The minimum atomic E-state index is -0.302. The first kappa shape index (κ1) is 17.7. The van der Waals surface area contributed by atoms with Crippen LogP contribution in [0, 0.1) is 5.82 Å². The number of rotatable bonds is 9. The van der Waals surface area contributed by atoms with E-state index in [0.29, 0.717) is 23.7 Å². The Balaban J connectivity index is 2.81. The van der Waals surface area contributed by atoms with Gasteiger partial charge in [0, 0.05) is 19.7 Å². The van der Waals surface area contributed by atoms with Crippen molar-refractivity contribution in [2.24, 2.45) is 0 Å². The fraction of sp³-hybridized carbons (Fsp3) is 0.625. The molecule has 1 aromatic carbocycles. The molecule has 0 saturated carbocycles. The van der Waals surface area contributed by atoms with Gasteiger partial charge in [-0.2, -0.15) is 0 Å². The summed E-state index contributed by atoms with van der Waals surface area (Å²) in [6, 6.07) is 3.11. The summed E-state index contributed by atoms with van der Waals surface area (Å²) in [6.45, 7) is 6.31. The van der Waals surface area contributed by atoms with Crippen molar-refractivity contribution in [3.05, 3.63) is 23.5 Å². The van der Waals surface area contributed by atoms with E-state index in [1.165, 1.54) is 13.2 Å². The minimum Gasteiger partial charge on any atom is -0.493 e. The number of benzene rings is 1. The molecule has 1 aromatic rings. The molecule has 0 atom stereocenters. The molecule has 0 fully saturated rings. The Kier molecular flexibility index (Phi) is 6.92. The summed E-state index contributed by atoms with van der Waals surface area (Å²) in [6.07, 6.45) is 0.809. The van der Waals surface area contributed by atoms with Crippen molar-refractivity contribution >= 4 is 0 Å². The average molecular weight is 299 g/mol. The summed E-state index contributed by atoms with van der Waals surface area (Å²) in [5, 5.41) is 3.28. The van der Waals surface area contributed by atoms with Crippen LogP contribution in [-0.2, 0) is 10.2 Å². The van der Waals surface area contributed by atoms with E-state index in [4.69, 9.17) is 14.2 Å². The fourth-order valence-electron chi connectivity index (χ4n) is 2.21. The molecular formula is C16H26FNO3. The van der Waals surface area contributed by atoms with Crippen LogP contribution in [0.4, 0.5) is 4.39 Å². The van der Waals surface area contributed by atoms with Gasteiger partial charge in [0.25, 0.3) is 0 Å². The van der Waals surface area contributed by atoms with Crippen molar-refractivity contribution in [1.29, 1.82) is 0 Å². The normalized spacial score (nSPS) is 11.5. The molecule has 0 aliphatic carbocycles. The van der Waals surface area contributed by atoms with E-state index in [1.54, 1.807) is 20.3 Å². The third-order valence-corrected chi connectivity index (χ3v) is 3.61. The van der Waals surface area contributed by atoms with Crippen LogP contribution in [0.2, 0.25) is 0 Å². The van der Waals surface area contributed by atoms with Gasteiger partial charge in [-0.15, -0.1) is 0 Å². The van der Waals surface area contributed by atoms with Crippen molar-refractivity contribution in [1.82, 2.24) is 5.32 Å². The largest absolute Gasteiger partial charge is 0.493 e. The molecule has 21 heavy (non-hydrogen) atoms. The van der Waals surface area contributed by atoms with Crippen LogP contribution in [0.1, 0.15) is 25.8 Å². The zero-order chi connectivity index (χ0) is 15.9. The molecule has 0 saturated heterocycles. The van der Waals surface area contributed by atoms with Gasteiger partial charge in [-0.05, 0) is 30.0 Å². The first-order valence-electron chi connectivity index (χ1n) is 7.08. The molecule has 0 radical (unpaired) electrons. The Labute approximate surface area is 126 Å². The maximum atomic E-state index is 14.3. The van der Waals surface area contributed by atoms with Crippen LogP contribution in [0.3, 0.4) is 0 Å². The number of ether oxygens (including phenoxy) is 3. The molecule has 0 aromatic heterocycles. The van der Waals surface area contributed by atoms with E-state index in [1.807, 2.05) is 13.8 Å². The van der Waals surface area contributed by atoms with Gasteiger partial charge in [-0.1, -0.05) is 13.8 Å². The molecule has 0 spiro atoms. The Bertz CT molecular complexity index is 449. The third-order valence-electron chi connectivity index (χ3n) is 3.61. The van der Waals surface area contributed by atoms with Gasteiger partial charge in [0.05, 0.1) is 20.8 Å². The maximum Gasteiger partial charge on any atom is 0.163 e. The predicted molar refractivity (Wildman–Crippen MR) is 81.9 cm³/mol. The lowest BCUT2D eigenvalue weighted by Gasteiger charge is -2.27. The number of nitrogens with one attached hydrogen (secondary N) is 1. The van der Waals surface area contributed by atoms with Crippen molar-refractivity contribution in [3.8, 4) is 11.5 Å². The number of hydrogen-bond acceptors (Lipinski definition) is 4. The second kappa shape index (κ2) is 8.20. The molecule has 4 nitrogen and oxygen atoms in total. The van der Waals surface area contributed by atoms with Crippen molar-refractivity contribution in [2.45, 2.75) is 25.7 Å². The summed E-state index contributed by atoms with van der Waals surface area (Å²) in [7, 11) is 4.73. The van der Waals surface area contributed by atoms with E-state index < -0.39 is 0 Å². The SMILES string of the molecule is COCCNCCC(C)(C)c1cc(OC)c(OC)cc1F. The summed E-state index contributed by atoms with van der Waals surface area (Å²) < 4.78 is 29.7. The van der Waals surface area contributed by atoms with Gasteiger partial charge in [0.15, 0.2) is 11.5 Å². The second-order valence-corrected chi connectivity index (χ2v) is 5.56. The van der Waals surface area contributed by atoms with Gasteiger partial charge in [-0.3, -0.25) is 0 Å². The van der Waals surface area contributed by atoms with Crippen LogP contribution in [0.25, 0.3) is 0 Å². The quantitative estimate of drug-likeness (QED) is 0.712. The summed E-state index contributed by atoms with van der Waals surface area (Å²) in [5.74, 6) is 0.691. The Morgan fingerprint density at radius 1 is 1.05 bits per heavy atom. The van der Waals surface area contributed by atoms with Crippen LogP contribution in [0.15, 0.2) is 12.1 Å². The number of hydrogen-bond donors (Lipinski definition) is 1. The molecular weight excluding hydrogens is 273 g/mol. The molecule has 120 valence electrons. The lowest BCUT2D eigenvalue weighted by Crippen LogP contribution is -2.28. The molecule has 0 unspecified atom stereocenters. The summed E-state index contributed by atoms with van der Waals surface area (Å²) in [5.41, 5.74) is 0.331. The van der Waals surface area contributed by atoms with Crippen LogP contribution in [0.5, 0.6) is 11.5 Å². The number of halogens is 1. The van der Waals surface area contributed by atoms with E-state index in [0.717, 1.165) is 19.5 Å². The summed E-state index contributed by atoms with van der Waals surface area (Å²) in [4.78, 5) is 0.